The maximum absolute atomic E-state index is 6.06. The molecule has 1 saturated heterocycles. The van der Waals surface area contributed by atoms with Crippen molar-refractivity contribution in [1.82, 2.24) is 10.1 Å². The minimum absolute atomic E-state index is 0.280. The number of nitrogens with zero attached hydrogens (tertiary/aromatic N) is 2. The van der Waals surface area contributed by atoms with E-state index >= 15 is 0 Å². The predicted octanol–water partition coefficient (Wildman–Crippen LogP) is 1.01. The maximum Gasteiger partial charge on any atom is 0.185 e. The van der Waals surface area contributed by atoms with Gasteiger partial charge in [-0.2, -0.15) is 0 Å². The van der Waals surface area contributed by atoms with Crippen molar-refractivity contribution in [2.75, 3.05) is 13.2 Å². The average Bonchev–Trinajstić information content (AvgIpc) is 2.77. The Balaban J connectivity index is 1.79. The molecule has 0 unspecified atom stereocenters. The van der Waals surface area contributed by atoms with Crippen LogP contribution in [0.2, 0.25) is 0 Å². The molecule has 0 amide bonds. The fourth-order valence-corrected chi connectivity index (χ4v) is 1.85. The molecule has 88 valence electrons. The van der Waals surface area contributed by atoms with Gasteiger partial charge in [-0.15, -0.1) is 0 Å². The molecule has 2 aromatic heterocycles. The average molecular weight is 231 g/mol. The zero-order valence-electron chi connectivity index (χ0n) is 9.30. The maximum atomic E-state index is 6.06. The molecule has 0 radical (unpaired) electrons. The van der Waals surface area contributed by atoms with Gasteiger partial charge in [-0.3, -0.25) is 4.98 Å². The Morgan fingerprint density at radius 3 is 2.88 bits per heavy atom. The van der Waals surface area contributed by atoms with E-state index in [1.165, 1.54) is 0 Å². The van der Waals surface area contributed by atoms with Crippen molar-refractivity contribution < 1.29 is 9.26 Å². The molecule has 3 rings (SSSR count). The highest BCUT2D eigenvalue weighted by Gasteiger charge is 2.35. The fraction of sp³-hybridized carbons (Fsp3) is 0.333. The first-order valence-electron chi connectivity index (χ1n) is 5.49. The molecule has 3 heterocycles. The first-order chi connectivity index (χ1) is 8.25. The molecule has 0 bridgehead atoms. The van der Waals surface area contributed by atoms with Gasteiger partial charge >= 0.3 is 0 Å². The monoisotopic (exact) mass is 231 g/mol. The highest BCUT2D eigenvalue weighted by molar-refractivity contribution is 5.51. The van der Waals surface area contributed by atoms with Gasteiger partial charge in [0.1, 0.15) is 5.69 Å². The first kappa shape index (κ1) is 10.4. The molecule has 0 spiro atoms. The number of nitrogens with two attached hydrogens (primary N) is 1. The summed E-state index contributed by atoms with van der Waals surface area (Å²) in [5, 5.41) is 4.01. The molecule has 1 aliphatic heterocycles. The Labute approximate surface area is 98.6 Å². The Morgan fingerprint density at radius 2 is 2.24 bits per heavy atom. The normalized spacial score (nSPS) is 17.7. The number of rotatable bonds is 3. The van der Waals surface area contributed by atoms with Crippen molar-refractivity contribution >= 4 is 0 Å². The Bertz CT molecular complexity index is 505. The van der Waals surface area contributed by atoms with E-state index in [4.69, 9.17) is 15.0 Å². The van der Waals surface area contributed by atoms with Crippen LogP contribution >= 0.6 is 0 Å². The largest absolute Gasteiger partial charge is 0.377 e. The van der Waals surface area contributed by atoms with E-state index in [-0.39, 0.29) is 5.54 Å². The summed E-state index contributed by atoms with van der Waals surface area (Å²) in [6, 6.07) is 7.54. The van der Waals surface area contributed by atoms with Crippen LogP contribution in [0.4, 0.5) is 0 Å². The van der Waals surface area contributed by atoms with Crippen molar-refractivity contribution in [3.8, 4) is 11.5 Å². The Morgan fingerprint density at radius 1 is 1.35 bits per heavy atom. The van der Waals surface area contributed by atoms with Gasteiger partial charge in [0.2, 0.25) is 0 Å². The second-order valence-electron chi connectivity index (χ2n) is 4.43. The van der Waals surface area contributed by atoms with E-state index in [2.05, 4.69) is 10.1 Å². The van der Waals surface area contributed by atoms with Crippen LogP contribution in [0.15, 0.2) is 35.0 Å². The highest BCUT2D eigenvalue weighted by Crippen LogP contribution is 2.22. The smallest absolute Gasteiger partial charge is 0.185 e. The van der Waals surface area contributed by atoms with Crippen LogP contribution in [0.5, 0.6) is 0 Å². The van der Waals surface area contributed by atoms with Crippen molar-refractivity contribution in [3.05, 3.63) is 36.2 Å². The zero-order chi connectivity index (χ0) is 11.7. The summed E-state index contributed by atoms with van der Waals surface area (Å²) in [5.41, 5.74) is 7.40. The summed E-state index contributed by atoms with van der Waals surface area (Å²) in [4.78, 5) is 4.20. The van der Waals surface area contributed by atoms with Gasteiger partial charge in [0, 0.05) is 18.7 Å². The van der Waals surface area contributed by atoms with E-state index in [1.54, 1.807) is 6.20 Å². The fourth-order valence-electron chi connectivity index (χ4n) is 1.85. The van der Waals surface area contributed by atoms with Crippen LogP contribution in [0, 0.1) is 0 Å². The van der Waals surface area contributed by atoms with Gasteiger partial charge < -0.3 is 15.0 Å². The lowest BCUT2D eigenvalue weighted by molar-refractivity contribution is -0.0535. The number of ether oxygens (including phenoxy) is 1. The third-order valence-electron chi connectivity index (χ3n) is 2.79. The zero-order valence-corrected chi connectivity index (χ0v) is 9.30. The van der Waals surface area contributed by atoms with E-state index < -0.39 is 0 Å². The predicted molar refractivity (Wildman–Crippen MR) is 61.2 cm³/mol. The molecular weight excluding hydrogens is 218 g/mol. The number of hydrogen-bond acceptors (Lipinski definition) is 5. The molecular formula is C12H13N3O2. The number of pyridine rings is 1. The van der Waals surface area contributed by atoms with Gasteiger partial charge in [-0.25, -0.2) is 0 Å². The van der Waals surface area contributed by atoms with Crippen LogP contribution in [0.1, 0.15) is 5.69 Å². The lowest BCUT2D eigenvalue weighted by atomic mass is 9.93. The second-order valence-corrected chi connectivity index (χ2v) is 4.43. The summed E-state index contributed by atoms with van der Waals surface area (Å²) in [6.45, 7) is 1.16. The van der Waals surface area contributed by atoms with Gasteiger partial charge in [0.25, 0.3) is 0 Å². The van der Waals surface area contributed by atoms with Crippen LogP contribution in [-0.2, 0) is 11.2 Å². The number of aromatic nitrogens is 2. The quantitative estimate of drug-likeness (QED) is 0.853. The molecule has 2 N–H and O–H groups in total. The van der Waals surface area contributed by atoms with Gasteiger partial charge in [0.05, 0.1) is 24.4 Å². The van der Waals surface area contributed by atoms with E-state index in [0.29, 0.717) is 25.4 Å². The van der Waals surface area contributed by atoms with Gasteiger partial charge in [-0.05, 0) is 12.1 Å². The minimum Gasteiger partial charge on any atom is -0.377 e. The molecule has 5 nitrogen and oxygen atoms in total. The highest BCUT2D eigenvalue weighted by atomic mass is 16.5. The molecule has 1 fully saturated rings. The standard InChI is InChI=1S/C12H13N3O2/c13-12(7-16-8-12)6-9-5-11(17-15-9)10-3-1-2-4-14-10/h1-5H,6-8,13H2. The molecule has 0 aliphatic carbocycles. The molecule has 2 aromatic rings. The molecule has 0 saturated carbocycles. The van der Waals surface area contributed by atoms with Crippen molar-refractivity contribution in [3.63, 3.8) is 0 Å². The molecule has 5 heteroatoms. The van der Waals surface area contributed by atoms with Crippen molar-refractivity contribution in [2.45, 2.75) is 12.0 Å². The second kappa shape index (κ2) is 3.94. The van der Waals surface area contributed by atoms with Crippen LogP contribution in [0.3, 0.4) is 0 Å². The van der Waals surface area contributed by atoms with Crippen LogP contribution in [0.25, 0.3) is 11.5 Å². The molecule has 0 atom stereocenters. The van der Waals surface area contributed by atoms with Crippen LogP contribution < -0.4 is 5.73 Å². The van der Waals surface area contributed by atoms with Crippen molar-refractivity contribution in [1.29, 1.82) is 0 Å². The van der Waals surface area contributed by atoms with E-state index in [9.17, 15) is 0 Å². The summed E-state index contributed by atoms with van der Waals surface area (Å²) in [7, 11) is 0. The third-order valence-corrected chi connectivity index (χ3v) is 2.79. The van der Waals surface area contributed by atoms with Gasteiger partial charge in [-0.1, -0.05) is 11.2 Å². The van der Waals surface area contributed by atoms with E-state index in [0.717, 1.165) is 11.4 Å². The topological polar surface area (TPSA) is 74.2 Å². The van der Waals surface area contributed by atoms with Gasteiger partial charge in [0.15, 0.2) is 5.76 Å². The first-order valence-corrected chi connectivity index (χ1v) is 5.49. The van der Waals surface area contributed by atoms with Crippen LogP contribution in [-0.4, -0.2) is 28.9 Å². The number of hydrogen-bond donors (Lipinski definition) is 1. The molecule has 17 heavy (non-hydrogen) atoms. The lowest BCUT2D eigenvalue weighted by Crippen LogP contribution is -2.58. The summed E-state index contributed by atoms with van der Waals surface area (Å²) >= 11 is 0. The molecule has 0 aromatic carbocycles. The Kier molecular flexibility index (Phi) is 2.42. The summed E-state index contributed by atoms with van der Waals surface area (Å²) in [5.74, 6) is 0.671. The van der Waals surface area contributed by atoms with E-state index in [1.807, 2.05) is 24.3 Å². The minimum atomic E-state index is -0.280. The molecule has 1 aliphatic rings. The Hall–Kier alpha value is -1.72. The van der Waals surface area contributed by atoms with Crippen molar-refractivity contribution in [2.24, 2.45) is 5.73 Å². The summed E-state index contributed by atoms with van der Waals surface area (Å²) < 4.78 is 10.4. The summed E-state index contributed by atoms with van der Waals surface area (Å²) in [6.07, 6.45) is 2.39. The third kappa shape index (κ3) is 2.07. The SMILES string of the molecule is NC1(Cc2cc(-c3ccccn3)on2)COC1. The lowest BCUT2D eigenvalue weighted by Gasteiger charge is -2.37.